The molecule has 18 heavy (non-hydrogen) atoms. The summed E-state index contributed by atoms with van der Waals surface area (Å²) >= 11 is 0. The molecule has 0 aliphatic heterocycles. The van der Waals surface area contributed by atoms with Crippen molar-refractivity contribution in [3.8, 4) is 5.88 Å². The molecule has 0 N–H and O–H groups in total. The quantitative estimate of drug-likeness (QED) is 0.753. The van der Waals surface area contributed by atoms with Gasteiger partial charge in [0.2, 0.25) is 5.88 Å². The Morgan fingerprint density at radius 3 is 2.83 bits per heavy atom. The fraction of sp³-hybridized carbons (Fsp3) is 0.429. The van der Waals surface area contributed by atoms with Crippen molar-refractivity contribution in [2.75, 3.05) is 13.7 Å². The zero-order chi connectivity index (χ0) is 13.6. The number of nitrogens with zero attached hydrogens (tertiary/aromatic N) is 1. The Balaban J connectivity index is 2.68. The molecule has 98 valence electrons. The van der Waals surface area contributed by atoms with Crippen LogP contribution >= 0.6 is 0 Å². The van der Waals surface area contributed by atoms with E-state index in [-0.39, 0.29) is 12.6 Å². The molecule has 1 heterocycles. The van der Waals surface area contributed by atoms with Crippen LogP contribution in [0.4, 0.5) is 0 Å². The number of carbonyl (C=O) groups is 1. The molecule has 0 aliphatic rings. The van der Waals surface area contributed by atoms with Crippen molar-refractivity contribution in [1.29, 1.82) is 0 Å². The lowest BCUT2D eigenvalue weighted by Crippen LogP contribution is -2.32. The molecule has 1 aromatic rings. The van der Waals surface area contributed by atoms with Crippen LogP contribution in [0.25, 0.3) is 6.08 Å². The summed E-state index contributed by atoms with van der Waals surface area (Å²) in [6.07, 6.45) is 5.58. The highest BCUT2D eigenvalue weighted by molar-refractivity contribution is 5.75. The summed E-state index contributed by atoms with van der Waals surface area (Å²) in [5, 5.41) is 0. The van der Waals surface area contributed by atoms with E-state index in [1.54, 1.807) is 20.0 Å². The molecule has 0 bridgehead atoms. The van der Waals surface area contributed by atoms with Gasteiger partial charge in [-0.1, -0.05) is 12.2 Å². The van der Waals surface area contributed by atoms with Gasteiger partial charge in [-0.15, -0.1) is 0 Å². The Bertz CT molecular complexity index is 438. The SMILES string of the molecule is C/C=C\c1ccnc(OCC(C)(C)C(=O)OC)c1. The molecule has 0 aliphatic carbocycles. The third-order valence-electron chi connectivity index (χ3n) is 2.44. The number of pyridine rings is 1. The van der Waals surface area contributed by atoms with Gasteiger partial charge in [0.05, 0.1) is 12.5 Å². The van der Waals surface area contributed by atoms with Crippen molar-refractivity contribution in [2.45, 2.75) is 20.8 Å². The van der Waals surface area contributed by atoms with Crippen LogP contribution in [-0.4, -0.2) is 24.7 Å². The van der Waals surface area contributed by atoms with Crippen LogP contribution in [0.3, 0.4) is 0 Å². The molecule has 0 saturated carbocycles. The highest BCUT2D eigenvalue weighted by atomic mass is 16.5. The Kier molecular flexibility index (Phi) is 4.89. The lowest BCUT2D eigenvalue weighted by atomic mass is 9.95. The maximum absolute atomic E-state index is 11.5. The number of carbonyl (C=O) groups excluding carboxylic acids is 1. The second kappa shape index (κ2) is 6.19. The van der Waals surface area contributed by atoms with E-state index in [0.717, 1.165) is 5.56 Å². The topological polar surface area (TPSA) is 48.4 Å². The zero-order valence-electron chi connectivity index (χ0n) is 11.3. The normalized spacial score (nSPS) is 11.6. The standard InChI is InChI=1S/C14H19NO3/c1-5-6-11-7-8-15-12(9-11)18-10-14(2,3)13(16)17-4/h5-9H,10H2,1-4H3/b6-5-. The minimum atomic E-state index is -0.687. The first-order chi connectivity index (χ1) is 8.49. The van der Waals surface area contributed by atoms with Gasteiger partial charge in [-0.25, -0.2) is 4.98 Å². The summed E-state index contributed by atoms with van der Waals surface area (Å²) in [5.74, 6) is 0.203. The van der Waals surface area contributed by atoms with Crippen LogP contribution in [0.5, 0.6) is 5.88 Å². The summed E-state index contributed by atoms with van der Waals surface area (Å²) in [7, 11) is 1.37. The average molecular weight is 249 g/mol. The van der Waals surface area contributed by atoms with Crippen LogP contribution in [0, 0.1) is 5.41 Å². The van der Waals surface area contributed by atoms with E-state index in [1.165, 1.54) is 7.11 Å². The number of hydrogen-bond donors (Lipinski definition) is 0. The van der Waals surface area contributed by atoms with E-state index in [4.69, 9.17) is 9.47 Å². The third kappa shape index (κ3) is 3.87. The molecule has 0 saturated heterocycles. The number of ether oxygens (including phenoxy) is 2. The Hall–Kier alpha value is -1.84. The van der Waals surface area contributed by atoms with E-state index in [9.17, 15) is 4.79 Å². The zero-order valence-corrected chi connectivity index (χ0v) is 11.3. The van der Waals surface area contributed by atoms with E-state index >= 15 is 0 Å². The van der Waals surface area contributed by atoms with Crippen molar-refractivity contribution >= 4 is 12.0 Å². The van der Waals surface area contributed by atoms with E-state index < -0.39 is 5.41 Å². The van der Waals surface area contributed by atoms with E-state index in [0.29, 0.717) is 5.88 Å². The van der Waals surface area contributed by atoms with Crippen molar-refractivity contribution in [2.24, 2.45) is 5.41 Å². The Labute approximate surface area is 108 Å². The maximum Gasteiger partial charge on any atom is 0.314 e. The van der Waals surface area contributed by atoms with Crippen molar-refractivity contribution in [3.63, 3.8) is 0 Å². The fourth-order valence-electron chi connectivity index (χ4n) is 1.39. The lowest BCUT2D eigenvalue weighted by molar-refractivity contribution is -0.152. The van der Waals surface area contributed by atoms with Gasteiger partial charge in [-0.2, -0.15) is 0 Å². The third-order valence-corrected chi connectivity index (χ3v) is 2.44. The van der Waals surface area contributed by atoms with Crippen LogP contribution in [-0.2, 0) is 9.53 Å². The summed E-state index contributed by atoms with van der Waals surface area (Å²) in [4.78, 5) is 15.6. The largest absolute Gasteiger partial charge is 0.476 e. The summed E-state index contributed by atoms with van der Waals surface area (Å²) in [6, 6.07) is 3.71. The number of rotatable bonds is 5. The summed E-state index contributed by atoms with van der Waals surface area (Å²) in [6.45, 7) is 5.72. The number of allylic oxidation sites excluding steroid dienone is 1. The summed E-state index contributed by atoms with van der Waals surface area (Å²) < 4.78 is 10.3. The first-order valence-corrected chi connectivity index (χ1v) is 5.79. The van der Waals surface area contributed by atoms with Crippen LogP contribution in [0.15, 0.2) is 24.4 Å². The fourth-order valence-corrected chi connectivity index (χ4v) is 1.39. The van der Waals surface area contributed by atoms with Gasteiger partial charge in [-0.3, -0.25) is 4.79 Å². The molecule has 1 aromatic heterocycles. The molecule has 0 atom stereocenters. The molecule has 0 unspecified atom stereocenters. The molecule has 0 spiro atoms. The molecule has 4 heteroatoms. The molecule has 0 fully saturated rings. The Morgan fingerprint density at radius 2 is 2.22 bits per heavy atom. The number of methoxy groups -OCH3 is 1. The monoisotopic (exact) mass is 249 g/mol. The number of aromatic nitrogens is 1. The number of hydrogen-bond acceptors (Lipinski definition) is 4. The van der Waals surface area contributed by atoms with Crippen LogP contribution in [0.2, 0.25) is 0 Å². The summed E-state index contributed by atoms with van der Waals surface area (Å²) in [5.41, 5.74) is 0.325. The van der Waals surface area contributed by atoms with Gasteiger partial charge < -0.3 is 9.47 Å². The minimum Gasteiger partial charge on any atom is -0.476 e. The second-order valence-corrected chi connectivity index (χ2v) is 4.59. The van der Waals surface area contributed by atoms with Crippen molar-refractivity contribution in [3.05, 3.63) is 30.0 Å². The molecule has 1 rings (SSSR count). The smallest absolute Gasteiger partial charge is 0.314 e. The van der Waals surface area contributed by atoms with Gasteiger partial charge in [0, 0.05) is 12.3 Å². The van der Waals surface area contributed by atoms with E-state index in [2.05, 4.69) is 4.98 Å². The molecule has 4 nitrogen and oxygen atoms in total. The first kappa shape index (κ1) is 14.2. The van der Waals surface area contributed by atoms with Crippen molar-refractivity contribution < 1.29 is 14.3 Å². The van der Waals surface area contributed by atoms with Gasteiger partial charge in [0.15, 0.2) is 0 Å². The molecular weight excluding hydrogens is 230 g/mol. The lowest BCUT2D eigenvalue weighted by Gasteiger charge is -2.21. The van der Waals surface area contributed by atoms with Gasteiger partial charge in [0.25, 0.3) is 0 Å². The first-order valence-electron chi connectivity index (χ1n) is 5.79. The molecule has 0 aromatic carbocycles. The average Bonchev–Trinajstić information content (AvgIpc) is 2.36. The molecule has 0 radical (unpaired) electrons. The highest BCUT2D eigenvalue weighted by Gasteiger charge is 2.29. The predicted octanol–water partition coefficient (Wildman–Crippen LogP) is 2.69. The van der Waals surface area contributed by atoms with Crippen molar-refractivity contribution in [1.82, 2.24) is 4.98 Å². The predicted molar refractivity (Wildman–Crippen MR) is 70.2 cm³/mol. The Morgan fingerprint density at radius 1 is 1.50 bits per heavy atom. The second-order valence-electron chi connectivity index (χ2n) is 4.59. The maximum atomic E-state index is 11.5. The minimum absolute atomic E-state index is 0.228. The molecular formula is C14H19NO3. The molecule has 0 amide bonds. The van der Waals surface area contributed by atoms with Gasteiger partial charge in [-0.05, 0) is 32.4 Å². The van der Waals surface area contributed by atoms with Gasteiger partial charge in [0.1, 0.15) is 6.61 Å². The number of esters is 1. The highest BCUT2D eigenvalue weighted by Crippen LogP contribution is 2.19. The van der Waals surface area contributed by atoms with Crippen LogP contribution in [0.1, 0.15) is 26.3 Å². The van der Waals surface area contributed by atoms with Crippen LogP contribution < -0.4 is 4.74 Å². The van der Waals surface area contributed by atoms with E-state index in [1.807, 2.05) is 31.2 Å². The van der Waals surface area contributed by atoms with Gasteiger partial charge >= 0.3 is 5.97 Å².